The van der Waals surface area contributed by atoms with Gasteiger partial charge in [0.05, 0.1) is 0 Å². The number of carbonyl (C=O) groups excluding carboxylic acids is 2. The molecule has 0 unspecified atom stereocenters. The van der Waals surface area contributed by atoms with Crippen molar-refractivity contribution < 1.29 is 29.7 Å². The Balaban J connectivity index is 1.10. The second kappa shape index (κ2) is 26.7. The van der Waals surface area contributed by atoms with E-state index < -0.39 is 22.3 Å². The normalized spacial score (nSPS) is 14.2. The summed E-state index contributed by atoms with van der Waals surface area (Å²) in [6.45, 7) is 22.0. The molecule has 11 nitrogen and oxygen atoms in total. The molecule has 0 radical (unpaired) electrons. The summed E-state index contributed by atoms with van der Waals surface area (Å²) >= 11 is 0. The zero-order valence-corrected chi connectivity index (χ0v) is 53.3. The van der Waals surface area contributed by atoms with Gasteiger partial charge in [0.2, 0.25) is 11.3 Å². The van der Waals surface area contributed by atoms with Gasteiger partial charge in [0.1, 0.15) is 21.7 Å². The average molecular weight is 1190 g/mol. The Morgan fingerprint density at radius 1 is 0.625 bits per heavy atom. The second-order valence-electron chi connectivity index (χ2n) is 25.6. The van der Waals surface area contributed by atoms with Gasteiger partial charge in [0.15, 0.2) is 5.78 Å². The molecule has 0 aromatic heterocycles. The van der Waals surface area contributed by atoms with Crippen LogP contribution in [0.1, 0.15) is 96.9 Å². The van der Waals surface area contributed by atoms with E-state index in [1.165, 1.54) is 54.5 Å². The van der Waals surface area contributed by atoms with Gasteiger partial charge in [-0.3, -0.25) is 19.4 Å². The quantitative estimate of drug-likeness (QED) is 0.0147. The topological polar surface area (TPSA) is 140 Å². The van der Waals surface area contributed by atoms with Crippen LogP contribution in [0.5, 0.6) is 0 Å². The Morgan fingerprint density at radius 3 is 1.89 bits per heavy atom. The predicted octanol–water partition coefficient (Wildman–Crippen LogP) is 7.25. The third-order valence-corrected chi connectivity index (χ3v) is 22.4. The summed E-state index contributed by atoms with van der Waals surface area (Å²) in [7, 11) is -1.02. The van der Waals surface area contributed by atoms with Crippen LogP contribution in [0.4, 0.5) is 5.69 Å². The molecule has 5 N–H and O–H groups in total. The van der Waals surface area contributed by atoms with Crippen molar-refractivity contribution in [2.24, 2.45) is 0 Å². The summed E-state index contributed by atoms with van der Waals surface area (Å²) in [5.41, 5.74) is 16.1. The fraction of sp³-hybridized carbons (Fsp3) is 0.311. The number of amides is 1. The average Bonchev–Trinajstić information content (AvgIpc) is 0.965. The van der Waals surface area contributed by atoms with Gasteiger partial charge in [0, 0.05) is 88.6 Å². The van der Waals surface area contributed by atoms with Crippen LogP contribution in [0.15, 0.2) is 164 Å². The van der Waals surface area contributed by atoms with Gasteiger partial charge in [-0.15, -0.1) is 0 Å². The third kappa shape index (κ3) is 13.0. The number of allylic oxidation sites excluding steroid dienone is 1. The number of aryl methyl sites for hydroxylation is 2. The molecule has 1 amide bonds. The Bertz CT molecular complexity index is 4180. The molecule has 11 rings (SSSR count). The number of Topliss-reactive ketones (excluding diaryl/α,β-unsaturated/α-hetero) is 1. The summed E-state index contributed by atoms with van der Waals surface area (Å²) in [6, 6.07) is 50.0. The van der Waals surface area contributed by atoms with Crippen molar-refractivity contribution in [1.82, 2.24) is 19.7 Å². The van der Waals surface area contributed by atoms with E-state index in [4.69, 9.17) is 0 Å². The molecule has 0 saturated heterocycles. The first-order valence-corrected chi connectivity index (χ1v) is 34.5. The maximum absolute atomic E-state index is 12.9. The molecule has 0 aliphatic carbocycles. The molecule has 0 spiro atoms. The molecule has 8 aromatic rings. The first kappa shape index (κ1) is 62.1. The molecule has 3 aliphatic rings. The zero-order chi connectivity index (χ0) is 62.0. The number of hydrogen-bond donors (Lipinski definition) is 5. The SMILES string of the molecule is C=C(C)C(=O)CCCCN(Cc1ccccc1B(O)O)Cc1c2ccccc2c(CN(CCCNC(=O)C(=C)C)Cc2ccccc2B(O)O)c2ccc(-c3cccc(C4=c5cc6c(cc5[Si](C)(C)c5cc7c(cc54)CCCN7C)=[N+](C)CCC6)c3)cc12. The van der Waals surface area contributed by atoms with Crippen molar-refractivity contribution in [3.8, 4) is 11.1 Å². The molecule has 0 fully saturated rings. The monoisotopic (exact) mass is 1190 g/mol. The molecule has 88 heavy (non-hydrogen) atoms. The number of benzene rings is 8. The minimum atomic E-state index is -2.22. The number of fused-ring (bicyclic) bond motifs is 6. The molecular formula is C74H84B2N5O6Si+. The van der Waals surface area contributed by atoms with Gasteiger partial charge in [0.25, 0.3) is 0 Å². The first-order valence-electron chi connectivity index (χ1n) is 31.5. The van der Waals surface area contributed by atoms with Crippen LogP contribution < -0.4 is 46.7 Å². The standard InChI is InChI=1S/C74H83B2N5O6Si/c1-49(2)70(82)31-15-16-37-80(45-56-21-9-13-29-66(56)75(84)85)48-65-59-28-12-11-27-58(59)64(47-81(38-20-34-77-74(83)50(3)4)46-57-22-10-14-30-67(57)76(86)87)60-33-32-52(40-61(60)65)51-23-17-24-55(39-51)73-62-41-53-25-18-35-78(5)68(53)43-71(62)88(7,8)72-44-69-54(42-63(72)73)26-19-36-79(69)6/h9-14,17,21-24,27-30,32-33,39-44,84-87H,1,3,15-16,18-20,25-26,31,34-38,45-48H2,2,4-8H3/p+1. The lowest BCUT2D eigenvalue weighted by Gasteiger charge is -2.37. The lowest BCUT2D eigenvalue weighted by molar-refractivity contribution is -0.117. The highest BCUT2D eigenvalue weighted by atomic mass is 28.3. The number of hydrogen-bond acceptors (Lipinski definition) is 9. The van der Waals surface area contributed by atoms with E-state index >= 15 is 0 Å². The first-order chi connectivity index (χ1) is 42.4. The maximum atomic E-state index is 12.9. The lowest BCUT2D eigenvalue weighted by Crippen LogP contribution is -2.64. The summed E-state index contributed by atoms with van der Waals surface area (Å²) < 4.78 is 2.46. The van der Waals surface area contributed by atoms with Crippen molar-refractivity contribution in [3.63, 3.8) is 0 Å². The fourth-order valence-corrected chi connectivity index (χ4v) is 17.1. The smallest absolute Gasteiger partial charge is 0.423 e. The molecule has 3 heterocycles. The van der Waals surface area contributed by atoms with Crippen LogP contribution in [0.25, 0.3) is 38.2 Å². The molecule has 0 bridgehead atoms. The minimum Gasteiger partial charge on any atom is -0.423 e. The number of carbonyl (C=O) groups is 2. The van der Waals surface area contributed by atoms with Crippen molar-refractivity contribution in [3.05, 3.63) is 219 Å². The van der Waals surface area contributed by atoms with Crippen molar-refractivity contribution in [2.45, 2.75) is 104 Å². The highest BCUT2D eigenvalue weighted by molar-refractivity contribution is 7.01. The largest absolute Gasteiger partial charge is 0.488 e. The fourth-order valence-electron chi connectivity index (χ4n) is 14.1. The number of anilines is 1. The summed E-state index contributed by atoms with van der Waals surface area (Å²) in [5, 5.41) is 55.7. The van der Waals surface area contributed by atoms with E-state index in [2.05, 4.69) is 156 Å². The Kier molecular flexibility index (Phi) is 18.8. The summed E-state index contributed by atoms with van der Waals surface area (Å²) in [6.07, 6.45) is 6.86. The van der Waals surface area contributed by atoms with Crippen LogP contribution >= 0.6 is 0 Å². The molecule has 3 aliphatic heterocycles. The Morgan fingerprint density at radius 2 is 1.23 bits per heavy atom. The maximum Gasteiger partial charge on any atom is 0.488 e. The van der Waals surface area contributed by atoms with E-state index in [1.807, 2.05) is 36.4 Å². The van der Waals surface area contributed by atoms with Gasteiger partial charge in [-0.05, 0) is 199 Å². The van der Waals surface area contributed by atoms with E-state index in [1.54, 1.807) is 26.0 Å². The molecule has 14 heteroatoms. The highest BCUT2D eigenvalue weighted by Gasteiger charge is 2.38. The molecule has 8 aromatic carbocycles. The van der Waals surface area contributed by atoms with Crippen LogP contribution in [0.3, 0.4) is 0 Å². The number of unbranched alkanes of at least 4 members (excludes halogenated alkanes) is 1. The van der Waals surface area contributed by atoms with Gasteiger partial charge in [-0.2, -0.15) is 0 Å². The van der Waals surface area contributed by atoms with Gasteiger partial charge in [-0.25, -0.2) is 4.58 Å². The zero-order valence-electron chi connectivity index (χ0n) is 52.3. The number of nitrogens with zero attached hydrogens (tertiary/aromatic N) is 4. The molecule has 0 atom stereocenters. The molecule has 0 saturated carbocycles. The Labute approximate surface area is 521 Å². The van der Waals surface area contributed by atoms with E-state index in [0.717, 1.165) is 100 Å². The van der Waals surface area contributed by atoms with Gasteiger partial charge < -0.3 is 30.3 Å². The Hall–Kier alpha value is -7.52. The van der Waals surface area contributed by atoms with E-state index in [-0.39, 0.29) is 11.7 Å². The number of rotatable bonds is 23. The number of ketones is 1. The van der Waals surface area contributed by atoms with Crippen LogP contribution in [0, 0.1) is 0 Å². The van der Waals surface area contributed by atoms with Crippen molar-refractivity contribution in [1.29, 1.82) is 0 Å². The van der Waals surface area contributed by atoms with Crippen LogP contribution in [0.2, 0.25) is 13.1 Å². The third-order valence-electron chi connectivity index (χ3n) is 18.9. The van der Waals surface area contributed by atoms with E-state index in [0.29, 0.717) is 87.1 Å². The molecule has 450 valence electrons. The summed E-state index contributed by atoms with van der Waals surface area (Å²) in [4.78, 5) is 32.8. The van der Waals surface area contributed by atoms with E-state index in [9.17, 15) is 29.7 Å². The van der Waals surface area contributed by atoms with Crippen molar-refractivity contribution in [2.75, 3.05) is 51.7 Å². The minimum absolute atomic E-state index is 0.0608. The lowest BCUT2D eigenvalue weighted by atomic mass is 9.77. The van der Waals surface area contributed by atoms with Crippen LogP contribution in [-0.4, -0.2) is 111 Å². The molecular weight excluding hydrogens is 1100 g/mol. The summed E-state index contributed by atoms with van der Waals surface area (Å²) in [5.74, 6) is -0.124. The van der Waals surface area contributed by atoms with Gasteiger partial charge >= 0.3 is 14.2 Å². The number of nitrogens with one attached hydrogen (secondary N) is 1. The van der Waals surface area contributed by atoms with Gasteiger partial charge in [-0.1, -0.05) is 129 Å². The highest BCUT2D eigenvalue weighted by Crippen LogP contribution is 2.39. The van der Waals surface area contributed by atoms with Crippen molar-refractivity contribution >= 4 is 88.1 Å². The second-order valence-corrected chi connectivity index (χ2v) is 29.9. The van der Waals surface area contributed by atoms with Crippen LogP contribution in [-0.2, 0) is 48.6 Å². The predicted molar refractivity (Wildman–Crippen MR) is 366 cm³/mol.